The summed E-state index contributed by atoms with van der Waals surface area (Å²) in [5.74, 6) is -0.150. The smallest absolute Gasteiger partial charge is 0.382 e. The summed E-state index contributed by atoms with van der Waals surface area (Å²) in [6.45, 7) is 2.24. The summed E-state index contributed by atoms with van der Waals surface area (Å²) in [5, 5.41) is 5.49. The van der Waals surface area contributed by atoms with Crippen molar-refractivity contribution < 1.29 is 18.0 Å². The molecule has 1 rings (SSSR count). The van der Waals surface area contributed by atoms with Gasteiger partial charge in [-0.15, -0.1) is 0 Å². The number of amides is 1. The van der Waals surface area contributed by atoms with Crippen LogP contribution in [0.4, 0.5) is 18.9 Å². The molecule has 0 spiro atoms. The standard InChI is InChI=1S/C11H12BrF3N2O/c1-7(18)16-4-5-17-10-3-2-8(6-9(10)12)11(13,14)15/h2-3,6,17H,4-5H2,1H3,(H,16,18). The van der Waals surface area contributed by atoms with Crippen LogP contribution in [0, 0.1) is 0 Å². The first kappa shape index (κ1) is 14.8. The van der Waals surface area contributed by atoms with Crippen molar-refractivity contribution in [2.75, 3.05) is 18.4 Å². The third-order valence-corrected chi connectivity index (χ3v) is 2.77. The largest absolute Gasteiger partial charge is 0.416 e. The van der Waals surface area contributed by atoms with E-state index in [1.54, 1.807) is 0 Å². The number of carbonyl (C=O) groups is 1. The van der Waals surface area contributed by atoms with E-state index in [9.17, 15) is 18.0 Å². The molecule has 0 heterocycles. The topological polar surface area (TPSA) is 41.1 Å². The molecule has 7 heteroatoms. The van der Waals surface area contributed by atoms with Gasteiger partial charge in [0, 0.05) is 30.2 Å². The molecule has 0 aliphatic heterocycles. The van der Waals surface area contributed by atoms with Crippen molar-refractivity contribution in [3.8, 4) is 0 Å². The van der Waals surface area contributed by atoms with Crippen molar-refractivity contribution >= 4 is 27.5 Å². The van der Waals surface area contributed by atoms with E-state index in [0.717, 1.165) is 12.1 Å². The number of alkyl halides is 3. The third-order valence-electron chi connectivity index (χ3n) is 2.11. The van der Waals surface area contributed by atoms with Crippen LogP contribution >= 0.6 is 15.9 Å². The number of rotatable bonds is 4. The second kappa shape index (κ2) is 6.08. The number of benzene rings is 1. The van der Waals surface area contributed by atoms with Gasteiger partial charge in [0.1, 0.15) is 0 Å². The summed E-state index contributed by atoms with van der Waals surface area (Å²) in [7, 11) is 0. The van der Waals surface area contributed by atoms with E-state index in [4.69, 9.17) is 0 Å². The van der Waals surface area contributed by atoms with Crippen LogP contribution in [0.5, 0.6) is 0 Å². The Balaban J connectivity index is 2.60. The molecular weight excluding hydrogens is 313 g/mol. The van der Waals surface area contributed by atoms with E-state index in [0.29, 0.717) is 23.2 Å². The van der Waals surface area contributed by atoms with Crippen LogP contribution in [0.25, 0.3) is 0 Å². The second-order valence-electron chi connectivity index (χ2n) is 3.60. The minimum Gasteiger partial charge on any atom is -0.382 e. The van der Waals surface area contributed by atoms with Crippen LogP contribution in [0.3, 0.4) is 0 Å². The molecule has 0 atom stereocenters. The van der Waals surface area contributed by atoms with Crippen molar-refractivity contribution in [3.05, 3.63) is 28.2 Å². The fraction of sp³-hybridized carbons (Fsp3) is 0.364. The zero-order chi connectivity index (χ0) is 13.8. The first-order valence-corrected chi connectivity index (χ1v) is 5.95. The van der Waals surface area contributed by atoms with Gasteiger partial charge in [0.05, 0.1) is 5.56 Å². The lowest BCUT2D eigenvalue weighted by Crippen LogP contribution is -2.26. The van der Waals surface area contributed by atoms with E-state index < -0.39 is 11.7 Å². The number of halogens is 4. The molecular formula is C11H12BrF3N2O. The predicted molar refractivity (Wildman–Crippen MR) is 66.3 cm³/mol. The molecule has 0 radical (unpaired) electrons. The number of nitrogens with one attached hydrogen (secondary N) is 2. The SMILES string of the molecule is CC(=O)NCCNc1ccc(C(F)(F)F)cc1Br. The molecule has 0 saturated carbocycles. The summed E-state index contributed by atoms with van der Waals surface area (Å²) in [5.41, 5.74) is -0.157. The lowest BCUT2D eigenvalue weighted by Gasteiger charge is -2.12. The molecule has 0 aliphatic rings. The Bertz CT molecular complexity index is 435. The average Bonchev–Trinajstić information content (AvgIpc) is 2.24. The molecule has 1 aromatic carbocycles. The van der Waals surface area contributed by atoms with Gasteiger partial charge in [-0.25, -0.2) is 0 Å². The Morgan fingerprint density at radius 2 is 2.00 bits per heavy atom. The summed E-state index contributed by atoms with van der Waals surface area (Å²) in [4.78, 5) is 10.6. The van der Waals surface area contributed by atoms with Crippen molar-refractivity contribution in [2.24, 2.45) is 0 Å². The van der Waals surface area contributed by atoms with Crippen LogP contribution in [0.2, 0.25) is 0 Å². The molecule has 1 aromatic rings. The molecule has 18 heavy (non-hydrogen) atoms. The molecule has 3 nitrogen and oxygen atoms in total. The number of hydrogen-bond acceptors (Lipinski definition) is 2. The maximum absolute atomic E-state index is 12.4. The van der Waals surface area contributed by atoms with E-state index >= 15 is 0 Å². The molecule has 0 aliphatic carbocycles. The van der Waals surface area contributed by atoms with Gasteiger partial charge < -0.3 is 10.6 Å². The number of carbonyl (C=O) groups excluding carboxylic acids is 1. The Hall–Kier alpha value is -1.24. The third kappa shape index (κ3) is 4.56. The summed E-state index contributed by atoms with van der Waals surface area (Å²) < 4.78 is 37.6. The molecule has 0 fully saturated rings. The van der Waals surface area contributed by atoms with Gasteiger partial charge in [-0.3, -0.25) is 4.79 Å². The Morgan fingerprint density at radius 3 is 2.50 bits per heavy atom. The van der Waals surface area contributed by atoms with E-state index in [1.807, 2.05) is 0 Å². The minimum atomic E-state index is -4.35. The van der Waals surface area contributed by atoms with Gasteiger partial charge in [0.2, 0.25) is 5.91 Å². The first-order chi connectivity index (χ1) is 8.30. The highest BCUT2D eigenvalue weighted by Gasteiger charge is 2.30. The maximum atomic E-state index is 12.4. The van der Waals surface area contributed by atoms with Crippen molar-refractivity contribution in [3.63, 3.8) is 0 Å². The number of hydrogen-bond donors (Lipinski definition) is 2. The maximum Gasteiger partial charge on any atom is 0.416 e. The van der Waals surface area contributed by atoms with E-state index in [2.05, 4.69) is 26.6 Å². The molecule has 100 valence electrons. The van der Waals surface area contributed by atoms with Crippen LogP contribution in [-0.2, 0) is 11.0 Å². The normalized spacial score (nSPS) is 11.2. The fourth-order valence-corrected chi connectivity index (χ4v) is 1.79. The molecule has 2 N–H and O–H groups in total. The fourth-order valence-electron chi connectivity index (χ4n) is 1.27. The quantitative estimate of drug-likeness (QED) is 0.836. The monoisotopic (exact) mass is 324 g/mol. The van der Waals surface area contributed by atoms with Gasteiger partial charge in [-0.05, 0) is 34.1 Å². The average molecular weight is 325 g/mol. The van der Waals surface area contributed by atoms with Gasteiger partial charge in [0.25, 0.3) is 0 Å². The summed E-state index contributed by atoms with van der Waals surface area (Å²) in [6, 6.07) is 3.37. The van der Waals surface area contributed by atoms with Gasteiger partial charge in [-0.2, -0.15) is 13.2 Å². The Morgan fingerprint density at radius 1 is 1.33 bits per heavy atom. The highest BCUT2D eigenvalue weighted by atomic mass is 79.9. The summed E-state index contributed by atoms with van der Waals surface area (Å²) in [6.07, 6.45) is -4.35. The lowest BCUT2D eigenvalue weighted by atomic mass is 10.2. The van der Waals surface area contributed by atoms with Crippen molar-refractivity contribution in [1.29, 1.82) is 0 Å². The zero-order valence-corrected chi connectivity index (χ0v) is 11.2. The van der Waals surface area contributed by atoms with Crippen LogP contribution in [0.15, 0.2) is 22.7 Å². The minimum absolute atomic E-state index is 0.150. The molecule has 1 amide bonds. The van der Waals surface area contributed by atoms with Crippen LogP contribution in [-0.4, -0.2) is 19.0 Å². The molecule has 0 saturated heterocycles. The van der Waals surface area contributed by atoms with Gasteiger partial charge in [-0.1, -0.05) is 0 Å². The zero-order valence-electron chi connectivity index (χ0n) is 9.57. The molecule has 0 aromatic heterocycles. The van der Waals surface area contributed by atoms with Crippen molar-refractivity contribution in [2.45, 2.75) is 13.1 Å². The van der Waals surface area contributed by atoms with E-state index in [1.165, 1.54) is 13.0 Å². The van der Waals surface area contributed by atoms with Gasteiger partial charge >= 0.3 is 6.18 Å². The van der Waals surface area contributed by atoms with Gasteiger partial charge in [0.15, 0.2) is 0 Å². The lowest BCUT2D eigenvalue weighted by molar-refractivity contribution is -0.137. The number of anilines is 1. The van der Waals surface area contributed by atoms with Crippen LogP contribution < -0.4 is 10.6 Å². The molecule has 0 bridgehead atoms. The Kier molecular flexibility index (Phi) is 5.01. The highest BCUT2D eigenvalue weighted by Crippen LogP contribution is 2.33. The van der Waals surface area contributed by atoms with Crippen LogP contribution in [0.1, 0.15) is 12.5 Å². The highest BCUT2D eigenvalue weighted by molar-refractivity contribution is 9.10. The molecule has 0 unspecified atom stereocenters. The van der Waals surface area contributed by atoms with Crippen molar-refractivity contribution in [1.82, 2.24) is 5.32 Å². The summed E-state index contributed by atoms with van der Waals surface area (Å²) >= 11 is 3.07. The predicted octanol–water partition coefficient (Wildman–Crippen LogP) is 3.02. The first-order valence-electron chi connectivity index (χ1n) is 5.16. The second-order valence-corrected chi connectivity index (χ2v) is 4.46. The Labute approximate surface area is 111 Å². The van der Waals surface area contributed by atoms with E-state index in [-0.39, 0.29) is 5.91 Å².